The second kappa shape index (κ2) is 9.66. The van der Waals surface area contributed by atoms with Gasteiger partial charge in [0.2, 0.25) is 5.91 Å². The van der Waals surface area contributed by atoms with E-state index in [1.54, 1.807) is 32.0 Å². The number of amides is 1. The Morgan fingerprint density at radius 2 is 1.92 bits per heavy atom. The molecule has 1 unspecified atom stereocenters. The molecule has 0 saturated heterocycles. The number of hydrogen-bond donors (Lipinski definition) is 4. The average Bonchev–Trinajstić information content (AvgIpc) is 2.56. The predicted molar refractivity (Wildman–Crippen MR) is 105 cm³/mol. The maximum atomic E-state index is 12.6. The number of ether oxygens (including phenoxy) is 1. The summed E-state index contributed by atoms with van der Waals surface area (Å²) in [5.41, 5.74) is 11.3. The first-order valence-corrected chi connectivity index (χ1v) is 8.88. The van der Waals surface area contributed by atoms with Crippen molar-refractivity contribution in [2.75, 3.05) is 19.0 Å². The first-order valence-electron chi connectivity index (χ1n) is 8.88. The van der Waals surface area contributed by atoms with E-state index in [1.807, 2.05) is 13.8 Å². The molecule has 26 heavy (non-hydrogen) atoms. The van der Waals surface area contributed by atoms with Gasteiger partial charge in [-0.05, 0) is 51.4 Å². The van der Waals surface area contributed by atoms with Crippen LogP contribution in [0.2, 0.25) is 0 Å². The number of carbonyl (C=O) groups is 2. The number of carbonyl (C=O) groups excluding carboxylic acids is 2. The van der Waals surface area contributed by atoms with Crippen molar-refractivity contribution in [2.24, 2.45) is 11.5 Å². The second-order valence-corrected chi connectivity index (χ2v) is 7.26. The second-order valence-electron chi connectivity index (χ2n) is 7.26. The SMILES string of the molecule is COc1ccc(NC(=O)C(CCCN)NC(C)C)cc1C(=O)C(C)(C)N. The topological polar surface area (TPSA) is 119 Å². The highest BCUT2D eigenvalue weighted by Gasteiger charge is 2.27. The number of benzene rings is 1. The third-order valence-corrected chi connectivity index (χ3v) is 3.84. The van der Waals surface area contributed by atoms with E-state index in [-0.39, 0.29) is 23.8 Å². The molecule has 1 aromatic carbocycles. The molecule has 0 aromatic heterocycles. The van der Waals surface area contributed by atoms with Crippen molar-refractivity contribution in [2.45, 2.75) is 58.2 Å². The largest absolute Gasteiger partial charge is 0.496 e. The van der Waals surface area contributed by atoms with Gasteiger partial charge in [0, 0.05) is 11.7 Å². The Bertz CT molecular complexity index is 624. The van der Waals surface area contributed by atoms with E-state index in [9.17, 15) is 9.59 Å². The minimum atomic E-state index is -1.04. The lowest BCUT2D eigenvalue weighted by Crippen LogP contribution is -2.44. The lowest BCUT2D eigenvalue weighted by atomic mass is 9.93. The highest BCUT2D eigenvalue weighted by molar-refractivity contribution is 6.06. The van der Waals surface area contributed by atoms with Crippen LogP contribution in [0.4, 0.5) is 5.69 Å². The maximum absolute atomic E-state index is 12.6. The van der Waals surface area contributed by atoms with E-state index < -0.39 is 5.54 Å². The highest BCUT2D eigenvalue weighted by atomic mass is 16.5. The fraction of sp³-hybridized carbons (Fsp3) is 0.579. The molecule has 7 nitrogen and oxygen atoms in total. The molecule has 0 heterocycles. The lowest BCUT2D eigenvalue weighted by molar-refractivity contribution is -0.118. The van der Waals surface area contributed by atoms with Crippen molar-refractivity contribution in [3.63, 3.8) is 0 Å². The van der Waals surface area contributed by atoms with E-state index in [4.69, 9.17) is 16.2 Å². The fourth-order valence-corrected chi connectivity index (χ4v) is 2.55. The summed E-state index contributed by atoms with van der Waals surface area (Å²) >= 11 is 0. The number of ketones is 1. The summed E-state index contributed by atoms with van der Waals surface area (Å²) < 4.78 is 5.26. The number of methoxy groups -OCH3 is 1. The zero-order chi connectivity index (χ0) is 19.9. The van der Waals surface area contributed by atoms with Crippen molar-refractivity contribution < 1.29 is 14.3 Å². The summed E-state index contributed by atoms with van der Waals surface area (Å²) in [6, 6.07) is 4.76. The molecule has 1 atom stereocenters. The Balaban J connectivity index is 3.04. The summed E-state index contributed by atoms with van der Waals surface area (Å²) in [6.45, 7) is 7.76. The van der Waals surface area contributed by atoms with Gasteiger partial charge in [-0.2, -0.15) is 0 Å². The Hall–Kier alpha value is -1.96. The number of anilines is 1. The molecule has 0 aliphatic heterocycles. The van der Waals surface area contributed by atoms with Gasteiger partial charge in [-0.1, -0.05) is 13.8 Å². The number of rotatable bonds is 10. The standard InChI is InChI=1S/C19H32N4O3/c1-12(2)22-15(7-6-10-20)18(25)23-13-8-9-16(26-5)14(11-13)17(24)19(3,4)21/h8-9,11-12,15,22H,6-7,10,20-21H2,1-5H3,(H,23,25). The molecule has 0 spiro atoms. The summed E-state index contributed by atoms with van der Waals surface area (Å²) in [5.74, 6) is -0.000304. The number of Topliss-reactive ketones (excluding diaryl/α,β-unsaturated/α-hetero) is 1. The van der Waals surface area contributed by atoms with Crippen LogP contribution in [-0.4, -0.2) is 43.0 Å². The van der Waals surface area contributed by atoms with Gasteiger partial charge in [-0.3, -0.25) is 9.59 Å². The molecular formula is C19H32N4O3. The smallest absolute Gasteiger partial charge is 0.241 e. The van der Waals surface area contributed by atoms with Gasteiger partial charge in [-0.15, -0.1) is 0 Å². The molecule has 0 saturated carbocycles. The van der Waals surface area contributed by atoms with Crippen LogP contribution in [-0.2, 0) is 4.79 Å². The normalized spacial score (nSPS) is 12.8. The maximum Gasteiger partial charge on any atom is 0.241 e. The summed E-state index contributed by atoms with van der Waals surface area (Å²) in [7, 11) is 1.49. The average molecular weight is 364 g/mol. The van der Waals surface area contributed by atoms with Crippen molar-refractivity contribution in [3.05, 3.63) is 23.8 Å². The van der Waals surface area contributed by atoms with Gasteiger partial charge >= 0.3 is 0 Å². The summed E-state index contributed by atoms with van der Waals surface area (Å²) in [4.78, 5) is 25.2. The molecule has 146 valence electrons. The molecule has 0 aliphatic rings. The van der Waals surface area contributed by atoms with Crippen molar-refractivity contribution in [1.82, 2.24) is 5.32 Å². The molecular weight excluding hydrogens is 332 g/mol. The van der Waals surface area contributed by atoms with Crippen LogP contribution in [0.15, 0.2) is 18.2 Å². The van der Waals surface area contributed by atoms with Gasteiger partial charge in [0.25, 0.3) is 0 Å². The Morgan fingerprint density at radius 3 is 2.42 bits per heavy atom. The predicted octanol–water partition coefficient (Wildman–Crippen LogP) is 1.66. The molecule has 1 rings (SSSR count). The van der Waals surface area contributed by atoms with Gasteiger partial charge in [0.05, 0.1) is 24.3 Å². The van der Waals surface area contributed by atoms with E-state index in [1.165, 1.54) is 7.11 Å². The molecule has 0 aliphatic carbocycles. The molecule has 7 heteroatoms. The summed E-state index contributed by atoms with van der Waals surface area (Å²) in [5, 5.41) is 6.10. The molecule has 0 bridgehead atoms. The Labute approximate surface area is 155 Å². The molecule has 0 fully saturated rings. The summed E-state index contributed by atoms with van der Waals surface area (Å²) in [6.07, 6.45) is 1.38. The van der Waals surface area contributed by atoms with Crippen LogP contribution in [0.3, 0.4) is 0 Å². The van der Waals surface area contributed by atoms with Crippen LogP contribution in [0.1, 0.15) is 50.9 Å². The molecule has 0 radical (unpaired) electrons. The van der Waals surface area contributed by atoms with Crippen LogP contribution in [0.5, 0.6) is 5.75 Å². The Kier molecular flexibility index (Phi) is 8.20. The first kappa shape index (κ1) is 22.1. The monoisotopic (exact) mass is 364 g/mol. The van der Waals surface area contributed by atoms with Gasteiger partial charge < -0.3 is 26.8 Å². The third-order valence-electron chi connectivity index (χ3n) is 3.84. The van der Waals surface area contributed by atoms with E-state index >= 15 is 0 Å². The number of hydrogen-bond acceptors (Lipinski definition) is 6. The van der Waals surface area contributed by atoms with Crippen molar-refractivity contribution in [1.29, 1.82) is 0 Å². The molecule has 1 aromatic rings. The number of nitrogens with one attached hydrogen (secondary N) is 2. The van der Waals surface area contributed by atoms with Crippen LogP contribution < -0.4 is 26.8 Å². The Morgan fingerprint density at radius 1 is 1.27 bits per heavy atom. The minimum absolute atomic E-state index is 0.162. The van der Waals surface area contributed by atoms with E-state index in [2.05, 4.69) is 10.6 Å². The van der Waals surface area contributed by atoms with Gasteiger partial charge in [0.15, 0.2) is 5.78 Å². The van der Waals surface area contributed by atoms with Gasteiger partial charge in [0.1, 0.15) is 5.75 Å². The minimum Gasteiger partial charge on any atom is -0.496 e. The fourth-order valence-electron chi connectivity index (χ4n) is 2.55. The first-order chi connectivity index (χ1) is 12.1. The highest BCUT2D eigenvalue weighted by Crippen LogP contribution is 2.26. The molecule has 6 N–H and O–H groups in total. The van der Waals surface area contributed by atoms with Crippen LogP contribution in [0, 0.1) is 0 Å². The molecule has 1 amide bonds. The van der Waals surface area contributed by atoms with Crippen molar-refractivity contribution in [3.8, 4) is 5.75 Å². The van der Waals surface area contributed by atoms with Crippen LogP contribution >= 0.6 is 0 Å². The third kappa shape index (κ3) is 6.40. The lowest BCUT2D eigenvalue weighted by Gasteiger charge is -2.22. The number of nitrogens with two attached hydrogens (primary N) is 2. The van der Waals surface area contributed by atoms with Crippen LogP contribution in [0.25, 0.3) is 0 Å². The van der Waals surface area contributed by atoms with E-state index in [0.717, 1.165) is 6.42 Å². The van der Waals surface area contributed by atoms with E-state index in [0.29, 0.717) is 30.0 Å². The van der Waals surface area contributed by atoms with Gasteiger partial charge in [-0.25, -0.2) is 0 Å². The zero-order valence-corrected chi connectivity index (χ0v) is 16.4. The van der Waals surface area contributed by atoms with Crippen molar-refractivity contribution >= 4 is 17.4 Å². The zero-order valence-electron chi connectivity index (χ0n) is 16.4. The quantitative estimate of drug-likeness (QED) is 0.469.